The average Bonchev–Trinajstić information content (AvgIpc) is 3.99. The first kappa shape index (κ1) is 49.6. The van der Waals surface area contributed by atoms with Crippen molar-refractivity contribution in [1.82, 2.24) is 41.5 Å². The van der Waals surface area contributed by atoms with E-state index in [1.807, 2.05) is 6.92 Å². The number of benzene rings is 2. The molecule has 21 nitrogen and oxygen atoms in total. The van der Waals surface area contributed by atoms with E-state index in [2.05, 4.69) is 41.5 Å². The monoisotopic (exact) mass is 888 g/mol. The molecule has 7 atom stereocenters. The normalized spacial score (nSPS) is 16.2. The number of rotatable bonds is 24. The number of carboxylic acids is 1. The van der Waals surface area contributed by atoms with Crippen LogP contribution in [0.2, 0.25) is 0 Å². The van der Waals surface area contributed by atoms with Gasteiger partial charge in [-0.2, -0.15) is 0 Å². The van der Waals surface area contributed by atoms with Gasteiger partial charge in [0.2, 0.25) is 35.4 Å². The molecule has 0 bridgehead atoms. The van der Waals surface area contributed by atoms with Crippen LogP contribution in [0.15, 0.2) is 72.1 Å². The number of H-pyrrole nitrogens is 1. The van der Waals surface area contributed by atoms with Crippen molar-refractivity contribution in [3.63, 3.8) is 0 Å². The molecular weight excluding hydrogens is 829 g/mol. The van der Waals surface area contributed by atoms with Gasteiger partial charge in [0.15, 0.2) is 5.96 Å². The van der Waals surface area contributed by atoms with Crippen LogP contribution in [0, 0.1) is 5.92 Å². The van der Waals surface area contributed by atoms with Gasteiger partial charge in [-0.1, -0.05) is 62.7 Å². The summed E-state index contributed by atoms with van der Waals surface area (Å²) in [4.78, 5) is 107. The summed E-state index contributed by atoms with van der Waals surface area (Å²) in [6, 6.07) is 7.78. The Hall–Kier alpha value is -7.03. The number of nitrogens with two attached hydrogens (primary N) is 3. The zero-order chi connectivity index (χ0) is 46.8. The minimum atomic E-state index is -1.27. The predicted octanol–water partition coefficient (Wildman–Crippen LogP) is -1.30. The summed E-state index contributed by atoms with van der Waals surface area (Å²) < 4.78 is 0. The Bertz CT molecular complexity index is 2060. The largest absolute Gasteiger partial charge is 0.508 e. The summed E-state index contributed by atoms with van der Waals surface area (Å²) in [5, 5.41) is 33.0. The fourth-order valence-corrected chi connectivity index (χ4v) is 7.13. The molecule has 0 radical (unpaired) electrons. The summed E-state index contributed by atoms with van der Waals surface area (Å²) in [6.07, 6.45) is 4.55. The summed E-state index contributed by atoms with van der Waals surface area (Å²) in [7, 11) is 0. The van der Waals surface area contributed by atoms with Crippen LogP contribution in [-0.4, -0.2) is 128 Å². The number of carbonyl (C=O) groups excluding carboxylic acids is 6. The number of aromatic amines is 1. The van der Waals surface area contributed by atoms with Gasteiger partial charge < -0.3 is 63.9 Å². The summed E-state index contributed by atoms with van der Waals surface area (Å²) in [5.74, 6) is -5.89. The lowest BCUT2D eigenvalue weighted by molar-refractivity contribution is -0.145. The topological polar surface area (TPSA) is 342 Å². The molecule has 1 fully saturated rings. The van der Waals surface area contributed by atoms with Crippen molar-refractivity contribution < 1.29 is 43.8 Å². The van der Waals surface area contributed by atoms with Crippen LogP contribution in [0.5, 0.6) is 5.75 Å². The highest BCUT2D eigenvalue weighted by molar-refractivity contribution is 5.97. The van der Waals surface area contributed by atoms with Crippen molar-refractivity contribution in [2.24, 2.45) is 28.1 Å². The number of phenols is 1. The van der Waals surface area contributed by atoms with Gasteiger partial charge in [0, 0.05) is 44.2 Å². The molecule has 0 unspecified atom stereocenters. The Morgan fingerprint density at radius 1 is 0.875 bits per heavy atom. The fraction of sp³-hybridized carbons (Fsp3) is 0.465. The van der Waals surface area contributed by atoms with Gasteiger partial charge in [-0.3, -0.25) is 33.8 Å². The van der Waals surface area contributed by atoms with Crippen LogP contribution in [0.3, 0.4) is 0 Å². The van der Waals surface area contributed by atoms with Crippen LogP contribution in [0.25, 0.3) is 0 Å². The first-order chi connectivity index (χ1) is 30.6. The summed E-state index contributed by atoms with van der Waals surface area (Å²) in [6.45, 7) is 3.45. The molecule has 3 aromatic rings. The fourth-order valence-electron chi connectivity index (χ4n) is 7.13. The molecule has 64 heavy (non-hydrogen) atoms. The SMILES string of the molecule is CC[C@H](C)[C@H](NC(=O)[C@H](Cc1ccc(O)cc1)NC(=O)CNC(=O)[C@@H](N)CCCN=C(N)N)C(=O)N[C@@H](Cc1cnc[nH]1)C(=O)N1CCC[C@H]1C(=O)N[C@@H](Cc1ccccc1)C(=O)O. The highest BCUT2D eigenvalue weighted by Crippen LogP contribution is 2.21. The maximum absolute atomic E-state index is 14.4. The first-order valence-corrected chi connectivity index (χ1v) is 21.2. The summed E-state index contributed by atoms with van der Waals surface area (Å²) in [5.41, 5.74) is 18.4. The molecule has 14 N–H and O–H groups in total. The maximum atomic E-state index is 14.4. The van der Waals surface area contributed by atoms with Gasteiger partial charge in [-0.05, 0) is 54.9 Å². The van der Waals surface area contributed by atoms with Gasteiger partial charge in [0.1, 0.15) is 36.0 Å². The third-order valence-corrected chi connectivity index (χ3v) is 10.9. The molecule has 0 spiro atoms. The van der Waals surface area contributed by atoms with Crippen molar-refractivity contribution >= 4 is 47.4 Å². The van der Waals surface area contributed by atoms with Crippen molar-refractivity contribution in [1.29, 1.82) is 0 Å². The number of amides is 6. The number of likely N-dealkylation sites (tertiary alicyclic amines) is 1. The Labute approximate surface area is 370 Å². The predicted molar refractivity (Wildman–Crippen MR) is 235 cm³/mol. The number of hydrogen-bond donors (Lipinski definition) is 11. The van der Waals surface area contributed by atoms with Gasteiger partial charge >= 0.3 is 5.97 Å². The number of hydrogen-bond acceptors (Lipinski definition) is 11. The van der Waals surface area contributed by atoms with Crippen molar-refractivity contribution in [2.75, 3.05) is 19.6 Å². The standard InChI is InChI=1S/C43H60N12O9/c1-3-25(2)36(54-38(59)31(19-27-13-15-29(56)16-14-27)51-35(57)23-49-37(58)30(44)11-7-17-48-43(45)46)40(61)52-32(21-28-22-47-24-50-28)41(62)55-18-8-12-34(55)39(60)53-33(42(63)64)20-26-9-5-4-6-10-26/h4-6,9-10,13-16,22,24-25,30-34,36,56H,3,7-8,11-12,17-21,23,44H2,1-2H3,(H,47,50)(H,49,58)(H,51,57)(H,52,61)(H,53,60)(H,54,59)(H,63,64)(H4,45,46,48)/t25-,30-,31-,32-,33-,34-,36-/m0/s1. The van der Waals surface area contributed by atoms with Crippen LogP contribution < -0.4 is 43.8 Å². The number of aliphatic imine (C=N–C) groups is 1. The molecule has 21 heteroatoms. The van der Waals surface area contributed by atoms with Crippen LogP contribution in [-0.2, 0) is 52.8 Å². The van der Waals surface area contributed by atoms with Crippen molar-refractivity contribution in [3.8, 4) is 5.75 Å². The third-order valence-electron chi connectivity index (χ3n) is 10.9. The lowest BCUT2D eigenvalue weighted by Gasteiger charge is -2.31. The zero-order valence-electron chi connectivity index (χ0n) is 36.0. The Morgan fingerprint density at radius 3 is 2.20 bits per heavy atom. The number of carboxylic acid groups (broad SMARTS) is 1. The molecule has 1 aliphatic rings. The van der Waals surface area contributed by atoms with Crippen LogP contribution in [0.1, 0.15) is 62.8 Å². The highest BCUT2D eigenvalue weighted by atomic mass is 16.4. The lowest BCUT2D eigenvalue weighted by Crippen LogP contribution is -2.60. The van der Waals surface area contributed by atoms with E-state index in [1.165, 1.54) is 29.6 Å². The number of phenolic OH excluding ortho intramolecular Hbond substituents is 1. The van der Waals surface area contributed by atoms with E-state index in [4.69, 9.17) is 17.2 Å². The number of nitrogens with zero attached hydrogens (tertiary/aromatic N) is 3. The first-order valence-electron chi connectivity index (χ1n) is 21.2. The second-order valence-corrected chi connectivity index (χ2v) is 15.8. The molecule has 1 saturated heterocycles. The number of imidazole rings is 1. The Kier molecular flexibility index (Phi) is 19.0. The van der Waals surface area contributed by atoms with E-state index in [9.17, 15) is 43.8 Å². The maximum Gasteiger partial charge on any atom is 0.326 e. The number of aliphatic carboxylic acids is 1. The smallest absolute Gasteiger partial charge is 0.326 e. The van der Waals surface area contributed by atoms with Crippen LogP contribution in [0.4, 0.5) is 0 Å². The van der Waals surface area contributed by atoms with E-state index in [0.29, 0.717) is 36.1 Å². The van der Waals surface area contributed by atoms with E-state index in [1.54, 1.807) is 49.4 Å². The number of nitrogens with one attached hydrogen (secondary N) is 6. The average molecular weight is 889 g/mol. The zero-order valence-corrected chi connectivity index (χ0v) is 36.0. The molecule has 4 rings (SSSR count). The van der Waals surface area contributed by atoms with Crippen molar-refractivity contribution in [2.45, 2.75) is 101 Å². The molecule has 1 aromatic heterocycles. The third kappa shape index (κ3) is 15.4. The van der Waals surface area contributed by atoms with Gasteiger partial charge in [-0.25, -0.2) is 9.78 Å². The van der Waals surface area contributed by atoms with Crippen LogP contribution >= 0.6 is 0 Å². The second kappa shape index (κ2) is 24.6. The van der Waals surface area contributed by atoms with E-state index < -0.39 is 90.1 Å². The second-order valence-electron chi connectivity index (χ2n) is 15.8. The molecule has 0 saturated carbocycles. The molecule has 6 amide bonds. The molecule has 0 aliphatic carbocycles. The Morgan fingerprint density at radius 2 is 1.56 bits per heavy atom. The number of aromatic hydroxyl groups is 1. The summed E-state index contributed by atoms with van der Waals surface area (Å²) >= 11 is 0. The number of carbonyl (C=O) groups is 7. The molecule has 2 heterocycles. The van der Waals surface area contributed by atoms with Gasteiger partial charge in [0.05, 0.1) is 18.9 Å². The minimum absolute atomic E-state index is 0.0210. The Balaban J connectivity index is 1.50. The molecule has 346 valence electrons. The van der Waals surface area contributed by atoms with E-state index >= 15 is 0 Å². The molecule has 1 aliphatic heterocycles. The van der Waals surface area contributed by atoms with E-state index in [0.717, 1.165) is 0 Å². The number of aromatic nitrogens is 2. The highest BCUT2D eigenvalue weighted by Gasteiger charge is 2.40. The quantitative estimate of drug-likeness (QED) is 0.0284. The molecule has 2 aromatic carbocycles. The lowest BCUT2D eigenvalue weighted by atomic mass is 9.96. The van der Waals surface area contributed by atoms with Gasteiger partial charge in [-0.15, -0.1) is 0 Å². The van der Waals surface area contributed by atoms with Gasteiger partial charge in [0.25, 0.3) is 0 Å². The van der Waals surface area contributed by atoms with Crippen molar-refractivity contribution in [3.05, 3.63) is 83.9 Å². The molecular formula is C43H60N12O9. The minimum Gasteiger partial charge on any atom is -0.508 e. The number of guanidine groups is 1. The van der Waals surface area contributed by atoms with E-state index in [-0.39, 0.29) is 56.9 Å².